The summed E-state index contributed by atoms with van der Waals surface area (Å²) >= 11 is 6.04. The molecule has 0 aliphatic rings. The van der Waals surface area contributed by atoms with Crippen molar-refractivity contribution in [2.24, 2.45) is 0 Å². The number of aliphatic hydroxyl groups excluding tert-OH is 1. The second-order valence-corrected chi connectivity index (χ2v) is 6.67. The first kappa shape index (κ1) is 21.5. The lowest BCUT2D eigenvalue weighted by Gasteiger charge is -2.18. The van der Waals surface area contributed by atoms with Crippen molar-refractivity contribution < 1.29 is 19.7 Å². The summed E-state index contributed by atoms with van der Waals surface area (Å²) in [6.07, 6.45) is 3.40. The number of aliphatic hydroxyl groups is 1. The number of carboxylic acid groups (broad SMARTS) is 1. The van der Waals surface area contributed by atoms with Crippen molar-refractivity contribution in [3.05, 3.63) is 51.4 Å². The standard InChI is InChI=1S/C20H21ClN2O5/c1-28-18-12-23(17(20(26)27)5-3-2-4-8-24)19(25)10-16(18)15-9-14(21)7-6-13(15)11-22/h6-7,9-10,12,17,24H,2-5,8H2,1H3,(H,26,27). The van der Waals surface area contributed by atoms with Crippen molar-refractivity contribution in [3.63, 3.8) is 0 Å². The molecule has 1 aromatic carbocycles. The summed E-state index contributed by atoms with van der Waals surface area (Å²) in [4.78, 5) is 24.4. The molecule has 0 bridgehead atoms. The average Bonchev–Trinajstić information content (AvgIpc) is 2.68. The summed E-state index contributed by atoms with van der Waals surface area (Å²) in [5.41, 5.74) is 0.603. The highest BCUT2D eigenvalue weighted by Gasteiger charge is 2.23. The lowest BCUT2D eigenvalue weighted by Crippen LogP contribution is -2.29. The van der Waals surface area contributed by atoms with E-state index in [1.807, 2.05) is 6.07 Å². The van der Waals surface area contributed by atoms with Gasteiger partial charge in [-0.1, -0.05) is 24.4 Å². The van der Waals surface area contributed by atoms with Crippen LogP contribution in [-0.4, -0.2) is 34.5 Å². The number of unbranched alkanes of at least 4 members (excludes halogenated alkanes) is 2. The molecule has 148 valence electrons. The summed E-state index contributed by atoms with van der Waals surface area (Å²) < 4.78 is 6.49. The normalized spacial score (nSPS) is 11.6. The number of methoxy groups -OCH3 is 1. The second-order valence-electron chi connectivity index (χ2n) is 6.23. The number of aromatic nitrogens is 1. The number of carboxylic acids is 1. The molecule has 1 unspecified atom stereocenters. The van der Waals surface area contributed by atoms with E-state index in [2.05, 4.69) is 0 Å². The summed E-state index contributed by atoms with van der Waals surface area (Å²) in [6.45, 7) is 0.0427. The van der Waals surface area contributed by atoms with Crippen LogP contribution in [0.5, 0.6) is 5.75 Å². The lowest BCUT2D eigenvalue weighted by atomic mass is 10.00. The predicted molar refractivity (Wildman–Crippen MR) is 105 cm³/mol. The SMILES string of the molecule is COc1cn(C(CCCCCO)C(=O)O)c(=O)cc1-c1cc(Cl)ccc1C#N. The Balaban J connectivity index is 2.51. The average molecular weight is 405 g/mol. The second kappa shape index (κ2) is 9.93. The molecular weight excluding hydrogens is 384 g/mol. The number of ether oxygens (including phenoxy) is 1. The number of hydrogen-bond donors (Lipinski definition) is 2. The van der Waals surface area contributed by atoms with Gasteiger partial charge < -0.3 is 14.9 Å². The Labute approximate surface area is 167 Å². The van der Waals surface area contributed by atoms with Gasteiger partial charge in [-0.2, -0.15) is 5.26 Å². The van der Waals surface area contributed by atoms with Crippen molar-refractivity contribution in [1.82, 2.24) is 4.57 Å². The first-order valence-electron chi connectivity index (χ1n) is 8.76. The van der Waals surface area contributed by atoms with E-state index in [0.29, 0.717) is 41.0 Å². The van der Waals surface area contributed by atoms with Crippen LogP contribution in [0.2, 0.25) is 5.02 Å². The molecule has 0 spiro atoms. The van der Waals surface area contributed by atoms with E-state index < -0.39 is 17.6 Å². The highest BCUT2D eigenvalue weighted by Crippen LogP contribution is 2.33. The first-order valence-corrected chi connectivity index (χ1v) is 9.14. The molecule has 0 aliphatic carbocycles. The largest absolute Gasteiger partial charge is 0.495 e. The third-order valence-electron chi connectivity index (χ3n) is 4.41. The maximum Gasteiger partial charge on any atom is 0.326 e. The Morgan fingerprint density at radius 3 is 2.64 bits per heavy atom. The van der Waals surface area contributed by atoms with Gasteiger partial charge >= 0.3 is 5.97 Å². The van der Waals surface area contributed by atoms with Crippen molar-refractivity contribution in [2.45, 2.75) is 31.7 Å². The van der Waals surface area contributed by atoms with Gasteiger partial charge in [-0.15, -0.1) is 0 Å². The highest BCUT2D eigenvalue weighted by atomic mass is 35.5. The number of aliphatic carboxylic acids is 1. The monoisotopic (exact) mass is 404 g/mol. The Hall–Kier alpha value is -2.82. The molecule has 1 aromatic heterocycles. The van der Waals surface area contributed by atoms with Gasteiger partial charge in [0.15, 0.2) is 0 Å². The molecule has 2 rings (SSSR count). The molecule has 28 heavy (non-hydrogen) atoms. The van der Waals surface area contributed by atoms with E-state index in [1.54, 1.807) is 18.2 Å². The van der Waals surface area contributed by atoms with Crippen LogP contribution in [-0.2, 0) is 4.79 Å². The maximum atomic E-state index is 12.7. The van der Waals surface area contributed by atoms with Gasteiger partial charge in [0.25, 0.3) is 5.56 Å². The number of pyridine rings is 1. The first-order chi connectivity index (χ1) is 13.4. The minimum absolute atomic E-state index is 0.0427. The molecule has 0 saturated heterocycles. The van der Waals surface area contributed by atoms with Crippen LogP contribution < -0.4 is 10.3 Å². The Morgan fingerprint density at radius 2 is 2.04 bits per heavy atom. The topological polar surface area (TPSA) is 113 Å². The third-order valence-corrected chi connectivity index (χ3v) is 4.65. The van der Waals surface area contributed by atoms with E-state index in [-0.39, 0.29) is 18.8 Å². The van der Waals surface area contributed by atoms with Crippen LogP contribution in [0, 0.1) is 11.3 Å². The minimum Gasteiger partial charge on any atom is -0.495 e. The minimum atomic E-state index is -1.12. The summed E-state index contributed by atoms with van der Waals surface area (Å²) in [6, 6.07) is 6.94. The number of hydrogen-bond acceptors (Lipinski definition) is 5. The van der Waals surface area contributed by atoms with Crippen LogP contribution in [0.4, 0.5) is 0 Å². The molecule has 2 N–H and O–H groups in total. The molecule has 0 radical (unpaired) electrons. The zero-order chi connectivity index (χ0) is 20.7. The fourth-order valence-corrected chi connectivity index (χ4v) is 3.16. The molecule has 1 atom stereocenters. The molecule has 2 aromatic rings. The summed E-state index contributed by atoms with van der Waals surface area (Å²) in [5.74, 6) is -0.860. The van der Waals surface area contributed by atoms with E-state index in [4.69, 9.17) is 21.4 Å². The molecule has 1 heterocycles. The van der Waals surface area contributed by atoms with Crippen molar-refractivity contribution >= 4 is 17.6 Å². The van der Waals surface area contributed by atoms with Gasteiger partial charge in [-0.25, -0.2) is 4.79 Å². The quantitative estimate of drug-likeness (QED) is 0.620. The number of rotatable bonds is 9. The molecule has 7 nitrogen and oxygen atoms in total. The van der Waals surface area contributed by atoms with Gasteiger partial charge in [0.2, 0.25) is 0 Å². The van der Waals surface area contributed by atoms with Crippen molar-refractivity contribution in [3.8, 4) is 22.9 Å². The smallest absolute Gasteiger partial charge is 0.326 e. The van der Waals surface area contributed by atoms with Crippen LogP contribution in [0.15, 0.2) is 35.3 Å². The fourth-order valence-electron chi connectivity index (χ4n) is 2.99. The van der Waals surface area contributed by atoms with Crippen LogP contribution in [0.3, 0.4) is 0 Å². The zero-order valence-corrected chi connectivity index (χ0v) is 16.1. The predicted octanol–water partition coefficient (Wildman–Crippen LogP) is 3.23. The third kappa shape index (κ3) is 4.91. The zero-order valence-electron chi connectivity index (χ0n) is 15.4. The molecule has 0 aliphatic heterocycles. The van der Waals surface area contributed by atoms with Gasteiger partial charge in [0.05, 0.1) is 24.9 Å². The number of nitriles is 1. The highest BCUT2D eigenvalue weighted by molar-refractivity contribution is 6.31. The van der Waals surface area contributed by atoms with Gasteiger partial charge in [0.1, 0.15) is 11.8 Å². The Bertz CT molecular complexity index is 949. The van der Waals surface area contributed by atoms with Gasteiger partial charge in [-0.05, 0) is 31.0 Å². The molecule has 8 heteroatoms. The molecular formula is C20H21ClN2O5. The van der Waals surface area contributed by atoms with E-state index in [1.165, 1.54) is 19.4 Å². The Kier molecular flexibility index (Phi) is 7.61. The number of carbonyl (C=O) groups is 1. The molecule has 0 saturated carbocycles. The van der Waals surface area contributed by atoms with Gasteiger partial charge in [0, 0.05) is 28.8 Å². The van der Waals surface area contributed by atoms with Gasteiger partial charge in [-0.3, -0.25) is 9.36 Å². The van der Waals surface area contributed by atoms with E-state index >= 15 is 0 Å². The maximum absolute atomic E-state index is 12.7. The van der Waals surface area contributed by atoms with E-state index in [0.717, 1.165) is 4.57 Å². The number of halogens is 1. The fraction of sp³-hybridized carbons (Fsp3) is 0.350. The van der Waals surface area contributed by atoms with E-state index in [9.17, 15) is 20.0 Å². The van der Waals surface area contributed by atoms with Crippen LogP contribution in [0.25, 0.3) is 11.1 Å². The lowest BCUT2D eigenvalue weighted by molar-refractivity contribution is -0.141. The van der Waals surface area contributed by atoms with Crippen molar-refractivity contribution in [2.75, 3.05) is 13.7 Å². The summed E-state index contributed by atoms with van der Waals surface area (Å²) in [7, 11) is 1.40. The van der Waals surface area contributed by atoms with Crippen molar-refractivity contribution in [1.29, 1.82) is 5.26 Å². The number of nitrogens with zero attached hydrogens (tertiary/aromatic N) is 2. The molecule has 0 fully saturated rings. The van der Waals surface area contributed by atoms with Crippen LogP contribution in [0.1, 0.15) is 37.3 Å². The van der Waals surface area contributed by atoms with Crippen LogP contribution >= 0.6 is 11.6 Å². The molecule has 0 amide bonds. The number of benzene rings is 1. The Morgan fingerprint density at radius 1 is 1.29 bits per heavy atom. The summed E-state index contributed by atoms with van der Waals surface area (Å²) in [5, 5.41) is 28.2.